The van der Waals surface area contributed by atoms with Gasteiger partial charge in [-0.3, -0.25) is 4.79 Å². The van der Waals surface area contributed by atoms with E-state index in [1.165, 1.54) is 31.1 Å². The van der Waals surface area contributed by atoms with Gasteiger partial charge in [-0.25, -0.2) is 9.07 Å². The molecule has 2 rings (SSSR count). The van der Waals surface area contributed by atoms with Crippen LogP contribution in [0.1, 0.15) is 29.1 Å². The first-order valence-electron chi connectivity index (χ1n) is 7.63. The zero-order valence-electron chi connectivity index (χ0n) is 14.5. The number of alkyl halides is 2. The molecule has 1 aromatic carbocycles. The van der Waals surface area contributed by atoms with Crippen LogP contribution in [0, 0.1) is 19.7 Å². The molecule has 0 aliphatic carbocycles. The SMILES string of the molecule is COc1ccc(CN(C)C(=O)Cc2c(C)nn(C(F)F)c2C)cc1F. The highest BCUT2D eigenvalue weighted by Gasteiger charge is 2.21. The summed E-state index contributed by atoms with van der Waals surface area (Å²) in [7, 11) is 2.95. The second kappa shape index (κ2) is 7.58. The van der Waals surface area contributed by atoms with Crippen LogP contribution >= 0.6 is 0 Å². The zero-order chi connectivity index (χ0) is 18.7. The number of carbonyl (C=O) groups is 1. The third kappa shape index (κ3) is 4.12. The number of nitrogens with zero attached hydrogens (tertiary/aromatic N) is 3. The fourth-order valence-corrected chi connectivity index (χ4v) is 2.60. The van der Waals surface area contributed by atoms with Gasteiger partial charge in [-0.2, -0.15) is 13.9 Å². The van der Waals surface area contributed by atoms with E-state index in [1.807, 2.05) is 0 Å². The van der Waals surface area contributed by atoms with Gasteiger partial charge in [0.15, 0.2) is 11.6 Å². The van der Waals surface area contributed by atoms with Crippen LogP contribution in [0.4, 0.5) is 13.2 Å². The lowest BCUT2D eigenvalue weighted by Crippen LogP contribution is -2.28. The van der Waals surface area contributed by atoms with Crippen molar-refractivity contribution < 1.29 is 22.7 Å². The van der Waals surface area contributed by atoms with E-state index in [9.17, 15) is 18.0 Å². The minimum Gasteiger partial charge on any atom is -0.494 e. The molecule has 25 heavy (non-hydrogen) atoms. The maximum atomic E-state index is 13.7. The summed E-state index contributed by atoms with van der Waals surface area (Å²) in [4.78, 5) is 13.8. The molecule has 0 radical (unpaired) electrons. The summed E-state index contributed by atoms with van der Waals surface area (Å²) in [5, 5.41) is 3.77. The summed E-state index contributed by atoms with van der Waals surface area (Å²) < 4.78 is 44.9. The standard InChI is InChI=1S/C17H20F3N3O2/c1-10-13(11(2)23(21-10)17(19)20)8-16(24)22(3)9-12-5-6-15(25-4)14(18)7-12/h5-7,17H,8-9H2,1-4H3. The molecule has 1 heterocycles. The predicted molar refractivity (Wildman–Crippen MR) is 86.1 cm³/mol. The second-order valence-electron chi connectivity index (χ2n) is 5.77. The minimum absolute atomic E-state index is 0.0421. The van der Waals surface area contributed by atoms with Gasteiger partial charge in [0.1, 0.15) is 0 Å². The number of rotatable bonds is 6. The van der Waals surface area contributed by atoms with Gasteiger partial charge in [-0.05, 0) is 31.5 Å². The van der Waals surface area contributed by atoms with E-state index in [1.54, 1.807) is 20.0 Å². The Kier molecular flexibility index (Phi) is 5.71. The normalized spacial score (nSPS) is 11.0. The molecule has 0 bridgehead atoms. The van der Waals surface area contributed by atoms with Crippen molar-refractivity contribution in [2.24, 2.45) is 0 Å². The van der Waals surface area contributed by atoms with Gasteiger partial charge in [-0.15, -0.1) is 0 Å². The summed E-state index contributed by atoms with van der Waals surface area (Å²) >= 11 is 0. The Bertz CT molecular complexity index is 775. The third-order valence-electron chi connectivity index (χ3n) is 4.05. The number of likely N-dealkylation sites (N-methyl/N-ethyl adjacent to an activating group) is 1. The first-order valence-corrected chi connectivity index (χ1v) is 7.63. The highest BCUT2D eigenvalue weighted by Crippen LogP contribution is 2.21. The molecule has 2 aromatic rings. The van der Waals surface area contributed by atoms with Crippen LogP contribution in [-0.4, -0.2) is 34.7 Å². The maximum Gasteiger partial charge on any atom is 0.333 e. The van der Waals surface area contributed by atoms with Crippen molar-refractivity contribution >= 4 is 5.91 Å². The van der Waals surface area contributed by atoms with Crippen molar-refractivity contribution in [1.29, 1.82) is 0 Å². The van der Waals surface area contributed by atoms with Crippen LogP contribution in [0.25, 0.3) is 0 Å². The van der Waals surface area contributed by atoms with E-state index in [2.05, 4.69) is 5.10 Å². The lowest BCUT2D eigenvalue weighted by atomic mass is 10.1. The Morgan fingerprint density at radius 1 is 1.36 bits per heavy atom. The Morgan fingerprint density at radius 3 is 2.56 bits per heavy atom. The van der Waals surface area contributed by atoms with E-state index in [0.29, 0.717) is 21.5 Å². The molecule has 0 aliphatic rings. The highest BCUT2D eigenvalue weighted by atomic mass is 19.3. The van der Waals surface area contributed by atoms with Crippen LogP contribution in [0.5, 0.6) is 5.75 Å². The van der Waals surface area contributed by atoms with Gasteiger partial charge in [0.2, 0.25) is 5.91 Å². The molecule has 0 N–H and O–H groups in total. The largest absolute Gasteiger partial charge is 0.494 e. The van der Waals surface area contributed by atoms with Crippen LogP contribution in [0.3, 0.4) is 0 Å². The molecular formula is C17H20F3N3O2. The topological polar surface area (TPSA) is 47.4 Å². The Hall–Kier alpha value is -2.51. The number of methoxy groups -OCH3 is 1. The van der Waals surface area contributed by atoms with Crippen molar-refractivity contribution in [3.05, 3.63) is 46.5 Å². The summed E-state index contributed by atoms with van der Waals surface area (Å²) in [5.74, 6) is -0.648. The molecule has 0 fully saturated rings. The van der Waals surface area contributed by atoms with Crippen LogP contribution in [-0.2, 0) is 17.8 Å². The minimum atomic E-state index is -2.75. The smallest absolute Gasteiger partial charge is 0.333 e. The average molecular weight is 355 g/mol. The maximum absolute atomic E-state index is 13.7. The van der Waals surface area contributed by atoms with E-state index >= 15 is 0 Å². The van der Waals surface area contributed by atoms with Crippen molar-refractivity contribution in [2.75, 3.05) is 14.2 Å². The average Bonchev–Trinajstić information content (AvgIpc) is 2.83. The predicted octanol–water partition coefficient (Wildman–Crippen LogP) is 3.24. The van der Waals surface area contributed by atoms with E-state index in [-0.39, 0.29) is 30.3 Å². The number of hydrogen-bond donors (Lipinski definition) is 0. The van der Waals surface area contributed by atoms with Gasteiger partial charge in [0.05, 0.1) is 19.2 Å². The number of halogens is 3. The number of amides is 1. The van der Waals surface area contributed by atoms with Gasteiger partial charge in [0, 0.05) is 24.8 Å². The van der Waals surface area contributed by atoms with Gasteiger partial charge in [0.25, 0.3) is 0 Å². The van der Waals surface area contributed by atoms with E-state index in [0.717, 1.165) is 0 Å². The summed E-state index contributed by atoms with van der Waals surface area (Å²) in [6.45, 7) is 0.546. The fourth-order valence-electron chi connectivity index (χ4n) is 2.60. The lowest BCUT2D eigenvalue weighted by molar-refractivity contribution is -0.129. The molecule has 0 spiro atoms. The Labute approximate surface area is 144 Å². The first kappa shape index (κ1) is 18.8. The number of ether oxygens (including phenoxy) is 1. The van der Waals surface area contributed by atoms with Crippen molar-refractivity contribution in [3.8, 4) is 5.75 Å². The number of benzene rings is 1. The molecule has 8 heteroatoms. The number of hydrogen-bond acceptors (Lipinski definition) is 3. The number of aromatic nitrogens is 2. The Morgan fingerprint density at radius 2 is 2.04 bits per heavy atom. The van der Waals surface area contributed by atoms with Crippen LogP contribution in [0.2, 0.25) is 0 Å². The molecule has 0 aliphatic heterocycles. The van der Waals surface area contributed by atoms with Gasteiger partial charge < -0.3 is 9.64 Å². The van der Waals surface area contributed by atoms with Crippen molar-refractivity contribution in [3.63, 3.8) is 0 Å². The molecule has 1 aromatic heterocycles. The highest BCUT2D eigenvalue weighted by molar-refractivity contribution is 5.79. The van der Waals surface area contributed by atoms with E-state index < -0.39 is 12.4 Å². The monoisotopic (exact) mass is 355 g/mol. The van der Waals surface area contributed by atoms with Crippen LogP contribution < -0.4 is 4.74 Å². The molecule has 0 atom stereocenters. The third-order valence-corrected chi connectivity index (χ3v) is 4.05. The zero-order valence-corrected chi connectivity index (χ0v) is 14.5. The molecule has 1 amide bonds. The van der Waals surface area contributed by atoms with E-state index in [4.69, 9.17) is 4.74 Å². The molecule has 5 nitrogen and oxygen atoms in total. The quantitative estimate of drug-likeness (QED) is 0.799. The summed E-state index contributed by atoms with van der Waals surface area (Å²) in [6, 6.07) is 4.45. The van der Waals surface area contributed by atoms with Gasteiger partial charge >= 0.3 is 6.55 Å². The summed E-state index contributed by atoms with van der Waals surface area (Å²) in [6.07, 6.45) is -0.0421. The molecule has 0 saturated heterocycles. The lowest BCUT2D eigenvalue weighted by Gasteiger charge is -2.18. The van der Waals surface area contributed by atoms with Crippen molar-refractivity contribution in [1.82, 2.24) is 14.7 Å². The fraction of sp³-hybridized carbons (Fsp3) is 0.412. The number of carbonyl (C=O) groups excluding carboxylic acids is 1. The molecule has 0 unspecified atom stereocenters. The second-order valence-corrected chi connectivity index (χ2v) is 5.77. The molecular weight excluding hydrogens is 335 g/mol. The van der Waals surface area contributed by atoms with Gasteiger partial charge in [-0.1, -0.05) is 6.07 Å². The van der Waals surface area contributed by atoms with Crippen LogP contribution in [0.15, 0.2) is 18.2 Å². The Balaban J connectivity index is 2.09. The summed E-state index contributed by atoms with van der Waals surface area (Å²) in [5.41, 5.74) is 1.75. The molecule has 136 valence electrons. The number of aryl methyl sites for hydroxylation is 1. The van der Waals surface area contributed by atoms with Crippen molar-refractivity contribution in [2.45, 2.75) is 33.4 Å². The first-order chi connectivity index (χ1) is 11.7. The molecule has 0 saturated carbocycles.